The number of hydrazone groups is 1. The Bertz CT molecular complexity index is 625. The zero-order chi connectivity index (χ0) is 16.5. The van der Waals surface area contributed by atoms with Crippen molar-refractivity contribution in [2.75, 3.05) is 0 Å². The number of amides is 3. The van der Waals surface area contributed by atoms with E-state index in [0.717, 1.165) is 12.1 Å². The minimum Gasteiger partial charge on any atom is -0.322 e. The number of nitrogens with one attached hydrogen (secondary N) is 1. The Morgan fingerprint density at radius 3 is 2.32 bits per heavy atom. The van der Waals surface area contributed by atoms with Crippen molar-refractivity contribution >= 4 is 18.2 Å². The number of rotatable bonds is 3. The molecule has 8 heteroatoms. The topological polar surface area (TPSA) is 61.8 Å². The third-order valence-corrected chi connectivity index (χ3v) is 3.51. The first-order chi connectivity index (χ1) is 10.2. The van der Waals surface area contributed by atoms with E-state index in [2.05, 4.69) is 10.4 Å². The first kappa shape index (κ1) is 16.0. The van der Waals surface area contributed by atoms with Crippen molar-refractivity contribution in [1.29, 1.82) is 0 Å². The van der Waals surface area contributed by atoms with Crippen molar-refractivity contribution in [3.8, 4) is 0 Å². The van der Waals surface area contributed by atoms with Crippen LogP contribution in [0.2, 0.25) is 0 Å². The second kappa shape index (κ2) is 5.43. The molecule has 1 atom stereocenters. The maximum Gasteiger partial charge on any atom is 0.416 e. The number of hydrogen-bond acceptors (Lipinski definition) is 3. The number of alkyl halides is 3. The summed E-state index contributed by atoms with van der Waals surface area (Å²) in [5.41, 5.74) is -1.44. The van der Waals surface area contributed by atoms with E-state index in [1.165, 1.54) is 18.3 Å². The first-order valence-electron chi connectivity index (χ1n) is 6.55. The molecule has 1 heterocycles. The van der Waals surface area contributed by atoms with Crippen LogP contribution < -0.4 is 5.32 Å². The summed E-state index contributed by atoms with van der Waals surface area (Å²) in [4.78, 5) is 23.8. The number of carbonyl (C=O) groups excluding carboxylic acids is 2. The molecule has 22 heavy (non-hydrogen) atoms. The Morgan fingerprint density at radius 2 is 1.86 bits per heavy atom. The van der Waals surface area contributed by atoms with Gasteiger partial charge in [0.05, 0.1) is 11.8 Å². The highest BCUT2D eigenvalue weighted by Gasteiger charge is 2.46. The van der Waals surface area contributed by atoms with E-state index in [1.54, 1.807) is 13.8 Å². The van der Waals surface area contributed by atoms with E-state index in [4.69, 9.17) is 0 Å². The predicted molar refractivity (Wildman–Crippen MR) is 73.1 cm³/mol. The van der Waals surface area contributed by atoms with Gasteiger partial charge in [0.1, 0.15) is 5.54 Å². The van der Waals surface area contributed by atoms with Gasteiger partial charge in [-0.2, -0.15) is 18.3 Å². The summed E-state index contributed by atoms with van der Waals surface area (Å²) in [6.45, 7) is 3.34. The smallest absolute Gasteiger partial charge is 0.322 e. The average Bonchev–Trinajstić information content (AvgIpc) is 2.67. The number of hydrogen-bond donors (Lipinski definition) is 1. The van der Waals surface area contributed by atoms with Crippen LogP contribution in [0.4, 0.5) is 18.0 Å². The molecule has 0 aromatic heterocycles. The summed E-state index contributed by atoms with van der Waals surface area (Å²) in [6.07, 6.45) is -2.84. The lowest BCUT2D eigenvalue weighted by atomic mass is 10.00. The summed E-state index contributed by atoms with van der Waals surface area (Å²) in [5, 5.41) is 6.96. The minimum absolute atomic E-state index is 0.346. The Labute approximate surface area is 124 Å². The molecule has 0 radical (unpaired) electrons. The Hall–Kier alpha value is -2.38. The molecule has 0 spiro atoms. The fraction of sp³-hybridized carbons (Fsp3) is 0.357. The van der Waals surface area contributed by atoms with Crippen molar-refractivity contribution in [3.05, 3.63) is 35.4 Å². The van der Waals surface area contributed by atoms with Crippen LogP contribution in [0, 0.1) is 0 Å². The van der Waals surface area contributed by atoms with Gasteiger partial charge in [0.15, 0.2) is 0 Å². The second-order valence-electron chi connectivity index (χ2n) is 5.10. The van der Waals surface area contributed by atoms with Gasteiger partial charge in [0, 0.05) is 0 Å². The number of imide groups is 1. The van der Waals surface area contributed by atoms with Gasteiger partial charge in [-0.05, 0) is 31.0 Å². The fourth-order valence-corrected chi connectivity index (χ4v) is 1.90. The quantitative estimate of drug-likeness (QED) is 0.689. The van der Waals surface area contributed by atoms with Gasteiger partial charge in [0.2, 0.25) is 0 Å². The van der Waals surface area contributed by atoms with Crippen LogP contribution in [-0.4, -0.2) is 28.7 Å². The number of urea groups is 1. The van der Waals surface area contributed by atoms with E-state index < -0.39 is 29.2 Å². The summed E-state index contributed by atoms with van der Waals surface area (Å²) in [5.74, 6) is -0.497. The van der Waals surface area contributed by atoms with E-state index in [0.29, 0.717) is 17.0 Å². The Kier molecular flexibility index (Phi) is 3.95. The Morgan fingerprint density at radius 1 is 1.27 bits per heavy atom. The molecule has 5 nitrogen and oxygen atoms in total. The molecule has 1 saturated heterocycles. The van der Waals surface area contributed by atoms with E-state index in [1.807, 2.05) is 0 Å². The second-order valence-corrected chi connectivity index (χ2v) is 5.10. The first-order valence-corrected chi connectivity index (χ1v) is 6.55. The lowest BCUT2D eigenvalue weighted by molar-refractivity contribution is -0.137. The predicted octanol–water partition coefficient (Wildman–Crippen LogP) is 2.76. The Balaban J connectivity index is 2.16. The average molecular weight is 313 g/mol. The number of nitrogens with zero attached hydrogens (tertiary/aromatic N) is 2. The van der Waals surface area contributed by atoms with E-state index in [-0.39, 0.29) is 0 Å². The monoisotopic (exact) mass is 313 g/mol. The van der Waals surface area contributed by atoms with Crippen LogP contribution in [-0.2, 0) is 11.0 Å². The number of carbonyl (C=O) groups is 2. The van der Waals surface area contributed by atoms with E-state index in [9.17, 15) is 22.8 Å². The molecule has 0 saturated carbocycles. The molecule has 0 bridgehead atoms. The van der Waals surface area contributed by atoms with Crippen molar-refractivity contribution in [1.82, 2.24) is 10.3 Å². The molecule has 2 rings (SSSR count). The molecule has 1 aliphatic heterocycles. The van der Waals surface area contributed by atoms with Crippen LogP contribution in [0.15, 0.2) is 29.4 Å². The third-order valence-electron chi connectivity index (χ3n) is 3.51. The van der Waals surface area contributed by atoms with Crippen LogP contribution in [0.25, 0.3) is 0 Å². The molecule has 1 aromatic carbocycles. The number of benzene rings is 1. The standard InChI is InChI=1S/C14H14F3N3O2/c1-3-13(2)11(21)20(12(22)19-13)18-8-9-4-6-10(7-5-9)14(15,16)17/h4-8H,3H2,1-2H3,(H,19,22). The van der Waals surface area contributed by atoms with Crippen molar-refractivity contribution in [2.24, 2.45) is 5.10 Å². The lowest BCUT2D eigenvalue weighted by Gasteiger charge is -2.17. The highest BCUT2D eigenvalue weighted by Crippen LogP contribution is 2.29. The number of halogens is 3. The van der Waals surface area contributed by atoms with Gasteiger partial charge in [-0.25, -0.2) is 4.79 Å². The van der Waals surface area contributed by atoms with Crippen LogP contribution >= 0.6 is 0 Å². The lowest BCUT2D eigenvalue weighted by Crippen LogP contribution is -2.42. The van der Waals surface area contributed by atoms with Crippen LogP contribution in [0.1, 0.15) is 31.4 Å². The highest BCUT2D eigenvalue weighted by atomic mass is 19.4. The van der Waals surface area contributed by atoms with Crippen molar-refractivity contribution in [2.45, 2.75) is 32.0 Å². The minimum atomic E-state index is -4.41. The van der Waals surface area contributed by atoms with E-state index >= 15 is 0 Å². The molecule has 1 unspecified atom stereocenters. The molecule has 118 valence electrons. The fourth-order valence-electron chi connectivity index (χ4n) is 1.90. The molecular weight excluding hydrogens is 299 g/mol. The van der Waals surface area contributed by atoms with Gasteiger partial charge in [-0.1, -0.05) is 19.1 Å². The summed E-state index contributed by atoms with van der Waals surface area (Å²) < 4.78 is 37.3. The van der Waals surface area contributed by atoms with Gasteiger partial charge < -0.3 is 5.32 Å². The largest absolute Gasteiger partial charge is 0.416 e. The molecule has 1 aromatic rings. The van der Waals surface area contributed by atoms with Crippen molar-refractivity contribution in [3.63, 3.8) is 0 Å². The van der Waals surface area contributed by atoms with Gasteiger partial charge >= 0.3 is 12.2 Å². The molecule has 1 N–H and O–H groups in total. The summed E-state index contributed by atoms with van der Waals surface area (Å²) in [6, 6.07) is 3.58. The zero-order valence-electron chi connectivity index (χ0n) is 11.9. The zero-order valence-corrected chi connectivity index (χ0v) is 11.9. The van der Waals surface area contributed by atoms with Crippen LogP contribution in [0.3, 0.4) is 0 Å². The van der Waals surface area contributed by atoms with Gasteiger partial charge in [-0.3, -0.25) is 4.79 Å². The van der Waals surface area contributed by atoms with Gasteiger partial charge in [-0.15, -0.1) is 5.01 Å². The molecule has 3 amide bonds. The summed E-state index contributed by atoms with van der Waals surface area (Å²) in [7, 11) is 0. The highest BCUT2D eigenvalue weighted by molar-refractivity contribution is 6.07. The molecule has 0 aliphatic carbocycles. The summed E-state index contributed by atoms with van der Waals surface area (Å²) >= 11 is 0. The molecule has 1 fully saturated rings. The van der Waals surface area contributed by atoms with Gasteiger partial charge in [0.25, 0.3) is 5.91 Å². The third kappa shape index (κ3) is 2.95. The normalized spacial score (nSPS) is 22.5. The SMILES string of the molecule is CCC1(C)NC(=O)N(N=Cc2ccc(C(F)(F)F)cc2)C1=O. The maximum atomic E-state index is 12.4. The molecular formula is C14H14F3N3O2. The van der Waals surface area contributed by atoms with Crippen molar-refractivity contribution < 1.29 is 22.8 Å². The van der Waals surface area contributed by atoms with Crippen LogP contribution in [0.5, 0.6) is 0 Å². The molecule has 1 aliphatic rings. The maximum absolute atomic E-state index is 12.4.